The molecule has 0 aliphatic rings. The minimum Gasteiger partial charge on any atom is -0.348 e. The van der Waals surface area contributed by atoms with Crippen molar-refractivity contribution in [3.63, 3.8) is 0 Å². The fourth-order valence-electron chi connectivity index (χ4n) is 1.92. The molecule has 1 N–H and O–H groups in total. The van der Waals surface area contributed by atoms with E-state index in [9.17, 15) is 9.59 Å². The lowest BCUT2D eigenvalue weighted by Crippen LogP contribution is -2.38. The Labute approximate surface area is 120 Å². The molecule has 0 atom stereocenters. The van der Waals surface area contributed by atoms with E-state index in [1.54, 1.807) is 26.0 Å². The highest BCUT2D eigenvalue weighted by Crippen LogP contribution is 2.13. The molecule has 2 amide bonds. The van der Waals surface area contributed by atoms with Gasteiger partial charge in [-0.25, -0.2) is 0 Å². The van der Waals surface area contributed by atoms with Crippen LogP contribution in [0.5, 0.6) is 0 Å². The first kappa shape index (κ1) is 16.2. The number of nitrogens with zero attached hydrogens (tertiary/aromatic N) is 2. The van der Waals surface area contributed by atoms with E-state index in [0.717, 1.165) is 16.8 Å². The zero-order valence-electron chi connectivity index (χ0n) is 12.9. The third-order valence-corrected chi connectivity index (χ3v) is 2.82. The Kier molecular flexibility index (Phi) is 5.70. The van der Waals surface area contributed by atoms with Crippen molar-refractivity contribution in [2.75, 3.05) is 39.5 Å². The van der Waals surface area contributed by atoms with Gasteiger partial charge in [-0.3, -0.25) is 14.5 Å². The second-order valence-electron chi connectivity index (χ2n) is 5.39. The number of hydrogen-bond donors (Lipinski definition) is 1. The Bertz CT molecular complexity index is 478. The van der Waals surface area contributed by atoms with Gasteiger partial charge < -0.3 is 10.2 Å². The smallest absolute Gasteiger partial charge is 0.238 e. The van der Waals surface area contributed by atoms with Crippen molar-refractivity contribution >= 4 is 17.5 Å². The molecule has 0 aromatic heterocycles. The number of anilines is 1. The molecule has 0 aliphatic heterocycles. The van der Waals surface area contributed by atoms with Crippen molar-refractivity contribution in [1.82, 2.24) is 9.80 Å². The summed E-state index contributed by atoms with van der Waals surface area (Å²) in [6.07, 6.45) is 0. The Morgan fingerprint density at radius 1 is 1.00 bits per heavy atom. The van der Waals surface area contributed by atoms with Gasteiger partial charge in [-0.15, -0.1) is 0 Å². The van der Waals surface area contributed by atoms with Crippen LogP contribution in [0, 0.1) is 13.8 Å². The zero-order valence-corrected chi connectivity index (χ0v) is 12.9. The first-order valence-electron chi connectivity index (χ1n) is 6.55. The van der Waals surface area contributed by atoms with Gasteiger partial charge in [-0.1, -0.05) is 6.07 Å². The lowest BCUT2D eigenvalue weighted by atomic mass is 10.1. The number of carbonyl (C=O) groups is 2. The van der Waals surface area contributed by atoms with Gasteiger partial charge in [0.05, 0.1) is 13.1 Å². The summed E-state index contributed by atoms with van der Waals surface area (Å²) in [6.45, 7) is 4.40. The molecule has 20 heavy (non-hydrogen) atoms. The van der Waals surface area contributed by atoms with Crippen LogP contribution in [-0.2, 0) is 9.59 Å². The van der Waals surface area contributed by atoms with Crippen LogP contribution in [0.25, 0.3) is 0 Å². The first-order valence-corrected chi connectivity index (χ1v) is 6.55. The van der Waals surface area contributed by atoms with E-state index in [0.29, 0.717) is 0 Å². The minimum absolute atomic E-state index is 0.0216. The van der Waals surface area contributed by atoms with Gasteiger partial charge >= 0.3 is 0 Å². The van der Waals surface area contributed by atoms with Crippen molar-refractivity contribution < 1.29 is 9.59 Å². The Morgan fingerprint density at radius 2 is 1.55 bits per heavy atom. The number of benzene rings is 1. The molecular weight excluding hydrogens is 254 g/mol. The maximum Gasteiger partial charge on any atom is 0.238 e. The molecule has 0 unspecified atom stereocenters. The fraction of sp³-hybridized carbons (Fsp3) is 0.467. The number of aryl methyl sites for hydroxylation is 2. The van der Waals surface area contributed by atoms with E-state index in [2.05, 4.69) is 11.4 Å². The highest BCUT2D eigenvalue weighted by atomic mass is 16.2. The van der Waals surface area contributed by atoms with E-state index in [1.807, 2.05) is 26.0 Å². The molecule has 1 aromatic carbocycles. The summed E-state index contributed by atoms with van der Waals surface area (Å²) in [5.74, 6) is -0.143. The van der Waals surface area contributed by atoms with Gasteiger partial charge in [0.2, 0.25) is 11.8 Å². The molecule has 5 nitrogen and oxygen atoms in total. The summed E-state index contributed by atoms with van der Waals surface area (Å²) in [7, 11) is 5.15. The molecule has 0 saturated heterocycles. The van der Waals surface area contributed by atoms with E-state index in [4.69, 9.17) is 0 Å². The first-order chi connectivity index (χ1) is 9.27. The summed E-state index contributed by atoms with van der Waals surface area (Å²) in [5, 5.41) is 2.85. The molecule has 0 bridgehead atoms. The molecule has 0 saturated carbocycles. The lowest BCUT2D eigenvalue weighted by Gasteiger charge is -2.18. The number of carbonyl (C=O) groups excluding carboxylic acids is 2. The van der Waals surface area contributed by atoms with E-state index < -0.39 is 0 Å². The van der Waals surface area contributed by atoms with Crippen LogP contribution < -0.4 is 5.32 Å². The lowest BCUT2D eigenvalue weighted by molar-refractivity contribution is -0.130. The summed E-state index contributed by atoms with van der Waals surface area (Å²) in [5.41, 5.74) is 3.01. The van der Waals surface area contributed by atoms with Gasteiger partial charge in [-0.2, -0.15) is 0 Å². The number of amides is 2. The Hall–Kier alpha value is -1.88. The van der Waals surface area contributed by atoms with Crippen molar-refractivity contribution in [1.29, 1.82) is 0 Å². The molecular formula is C15H23N3O2. The minimum atomic E-state index is -0.121. The number of rotatable bonds is 5. The topological polar surface area (TPSA) is 52.7 Å². The van der Waals surface area contributed by atoms with E-state index in [1.165, 1.54) is 4.90 Å². The Balaban J connectivity index is 2.53. The van der Waals surface area contributed by atoms with Gasteiger partial charge in [-0.05, 0) is 44.2 Å². The van der Waals surface area contributed by atoms with Crippen LogP contribution in [0.4, 0.5) is 5.69 Å². The number of likely N-dealkylation sites (N-methyl/N-ethyl adjacent to an activating group) is 2. The van der Waals surface area contributed by atoms with Gasteiger partial charge in [0, 0.05) is 19.8 Å². The fourth-order valence-corrected chi connectivity index (χ4v) is 1.92. The van der Waals surface area contributed by atoms with Gasteiger partial charge in [0.25, 0.3) is 0 Å². The molecule has 5 heteroatoms. The molecule has 0 radical (unpaired) electrons. The van der Waals surface area contributed by atoms with E-state index >= 15 is 0 Å². The van der Waals surface area contributed by atoms with Crippen molar-refractivity contribution in [2.24, 2.45) is 0 Å². The molecule has 110 valence electrons. The van der Waals surface area contributed by atoms with Crippen molar-refractivity contribution in [3.8, 4) is 0 Å². The van der Waals surface area contributed by atoms with Gasteiger partial charge in [0.15, 0.2) is 0 Å². The SMILES string of the molecule is Cc1cc(C)cc(NC(=O)CN(C)CC(=O)N(C)C)c1. The third-order valence-electron chi connectivity index (χ3n) is 2.82. The van der Waals surface area contributed by atoms with Crippen molar-refractivity contribution in [3.05, 3.63) is 29.3 Å². The molecule has 1 rings (SSSR count). The average Bonchev–Trinajstić information content (AvgIpc) is 2.26. The summed E-state index contributed by atoms with van der Waals surface area (Å²) in [6, 6.07) is 5.91. The normalized spacial score (nSPS) is 10.5. The van der Waals surface area contributed by atoms with Crippen LogP contribution in [0.1, 0.15) is 11.1 Å². The maximum absolute atomic E-state index is 11.9. The predicted octanol–water partition coefficient (Wildman–Crippen LogP) is 1.26. The molecule has 0 spiro atoms. The summed E-state index contributed by atoms with van der Waals surface area (Å²) < 4.78 is 0. The summed E-state index contributed by atoms with van der Waals surface area (Å²) >= 11 is 0. The molecule has 1 aromatic rings. The summed E-state index contributed by atoms with van der Waals surface area (Å²) in [4.78, 5) is 26.7. The van der Waals surface area contributed by atoms with Crippen LogP contribution in [0.2, 0.25) is 0 Å². The molecule has 0 aliphatic carbocycles. The second-order valence-corrected chi connectivity index (χ2v) is 5.39. The van der Waals surface area contributed by atoms with Crippen LogP contribution in [-0.4, -0.2) is 55.8 Å². The predicted molar refractivity (Wildman–Crippen MR) is 80.7 cm³/mol. The van der Waals surface area contributed by atoms with E-state index in [-0.39, 0.29) is 24.9 Å². The highest BCUT2D eigenvalue weighted by molar-refractivity contribution is 5.92. The van der Waals surface area contributed by atoms with Gasteiger partial charge in [0.1, 0.15) is 0 Å². The third kappa shape index (κ3) is 5.40. The van der Waals surface area contributed by atoms with Crippen LogP contribution in [0.15, 0.2) is 18.2 Å². The monoisotopic (exact) mass is 277 g/mol. The largest absolute Gasteiger partial charge is 0.348 e. The van der Waals surface area contributed by atoms with Crippen LogP contribution in [0.3, 0.4) is 0 Å². The Morgan fingerprint density at radius 3 is 2.05 bits per heavy atom. The van der Waals surface area contributed by atoms with Crippen molar-refractivity contribution in [2.45, 2.75) is 13.8 Å². The zero-order chi connectivity index (χ0) is 15.3. The quantitative estimate of drug-likeness (QED) is 0.881. The number of nitrogens with one attached hydrogen (secondary N) is 1. The van der Waals surface area contributed by atoms with Crippen LogP contribution >= 0.6 is 0 Å². The number of hydrogen-bond acceptors (Lipinski definition) is 3. The molecule has 0 heterocycles. The highest BCUT2D eigenvalue weighted by Gasteiger charge is 2.12. The average molecular weight is 277 g/mol. The second kappa shape index (κ2) is 7.05. The molecule has 0 fully saturated rings. The maximum atomic E-state index is 11.9. The standard InChI is InChI=1S/C15H23N3O2/c1-11-6-12(2)8-13(7-11)16-14(19)9-18(5)10-15(20)17(3)4/h6-8H,9-10H2,1-5H3,(H,16,19).